The van der Waals surface area contributed by atoms with Gasteiger partial charge in [-0.25, -0.2) is 0 Å². The van der Waals surface area contributed by atoms with Gasteiger partial charge in [0.05, 0.1) is 16.2 Å². The molecule has 7 nitrogen and oxygen atoms in total. The standard InChI is InChI=1S/C14H14N4O3/c1-9-2-7-13(17-15)12(8-9)14(19)16-10-3-5-11(6-4-10)18(20)21/h2-8,17H,15H2,1H3,(H,16,19). The maximum absolute atomic E-state index is 12.2. The Kier molecular flexibility index (Phi) is 4.15. The molecule has 0 aliphatic rings. The molecular weight excluding hydrogens is 272 g/mol. The van der Waals surface area contributed by atoms with Crippen molar-refractivity contribution in [1.29, 1.82) is 0 Å². The molecular formula is C14H14N4O3. The number of nitrogens with two attached hydrogens (primary N) is 1. The molecule has 0 spiro atoms. The normalized spacial score (nSPS) is 10.0. The van der Waals surface area contributed by atoms with E-state index in [9.17, 15) is 14.9 Å². The lowest BCUT2D eigenvalue weighted by molar-refractivity contribution is -0.384. The SMILES string of the molecule is Cc1ccc(NN)c(C(=O)Nc2ccc([N+](=O)[O-])cc2)c1. The van der Waals surface area contributed by atoms with E-state index in [1.54, 1.807) is 12.1 Å². The van der Waals surface area contributed by atoms with Crippen LogP contribution in [0.4, 0.5) is 17.1 Å². The van der Waals surface area contributed by atoms with Crippen LogP contribution in [0.5, 0.6) is 0 Å². The van der Waals surface area contributed by atoms with E-state index in [0.717, 1.165) is 5.56 Å². The Balaban J connectivity index is 2.21. The number of rotatable bonds is 4. The first-order chi connectivity index (χ1) is 10.0. The molecule has 0 bridgehead atoms. The summed E-state index contributed by atoms with van der Waals surface area (Å²) in [5, 5.41) is 13.2. The number of hydrazine groups is 1. The predicted octanol–water partition coefficient (Wildman–Crippen LogP) is 2.44. The number of nitro benzene ring substituents is 1. The third-order valence-corrected chi connectivity index (χ3v) is 2.91. The zero-order valence-corrected chi connectivity index (χ0v) is 11.3. The van der Waals surface area contributed by atoms with E-state index in [2.05, 4.69) is 10.7 Å². The minimum atomic E-state index is -0.497. The van der Waals surface area contributed by atoms with Gasteiger partial charge in [0.1, 0.15) is 0 Å². The molecule has 0 unspecified atom stereocenters. The molecule has 2 aromatic rings. The summed E-state index contributed by atoms with van der Waals surface area (Å²) in [6.07, 6.45) is 0. The predicted molar refractivity (Wildman–Crippen MR) is 80.0 cm³/mol. The smallest absolute Gasteiger partial charge is 0.269 e. The Labute approximate surface area is 120 Å². The van der Waals surface area contributed by atoms with Crippen LogP contribution in [0.3, 0.4) is 0 Å². The van der Waals surface area contributed by atoms with Gasteiger partial charge >= 0.3 is 0 Å². The van der Waals surface area contributed by atoms with Crippen molar-refractivity contribution in [3.05, 3.63) is 63.7 Å². The quantitative estimate of drug-likeness (QED) is 0.454. The molecule has 4 N–H and O–H groups in total. The highest BCUT2D eigenvalue weighted by Crippen LogP contribution is 2.20. The van der Waals surface area contributed by atoms with E-state index in [4.69, 9.17) is 5.84 Å². The monoisotopic (exact) mass is 286 g/mol. The number of carbonyl (C=O) groups excluding carboxylic acids is 1. The molecule has 0 aromatic heterocycles. The van der Waals surface area contributed by atoms with Crippen molar-refractivity contribution in [2.24, 2.45) is 5.84 Å². The zero-order chi connectivity index (χ0) is 15.4. The molecule has 1 amide bonds. The fourth-order valence-corrected chi connectivity index (χ4v) is 1.84. The molecule has 21 heavy (non-hydrogen) atoms. The Morgan fingerprint density at radius 2 is 1.86 bits per heavy atom. The number of hydrogen-bond acceptors (Lipinski definition) is 5. The van der Waals surface area contributed by atoms with Gasteiger partial charge in [0.2, 0.25) is 0 Å². The van der Waals surface area contributed by atoms with Gasteiger partial charge in [-0.05, 0) is 31.2 Å². The Bertz CT molecular complexity index is 683. The van der Waals surface area contributed by atoms with Crippen molar-refractivity contribution in [1.82, 2.24) is 0 Å². The van der Waals surface area contributed by atoms with Crippen LogP contribution in [0.2, 0.25) is 0 Å². The molecule has 0 aliphatic carbocycles. The third kappa shape index (κ3) is 3.34. The summed E-state index contributed by atoms with van der Waals surface area (Å²) in [5.41, 5.74) is 4.71. The number of nitrogens with one attached hydrogen (secondary N) is 2. The number of aryl methyl sites for hydroxylation is 1. The first kappa shape index (κ1) is 14.5. The summed E-state index contributed by atoms with van der Waals surface area (Å²) in [7, 11) is 0. The number of carbonyl (C=O) groups is 1. The van der Waals surface area contributed by atoms with Crippen molar-refractivity contribution >= 4 is 23.0 Å². The summed E-state index contributed by atoms with van der Waals surface area (Å²) >= 11 is 0. The van der Waals surface area contributed by atoms with Gasteiger partial charge in [-0.3, -0.25) is 20.8 Å². The van der Waals surface area contributed by atoms with Crippen molar-refractivity contribution in [3.63, 3.8) is 0 Å². The van der Waals surface area contributed by atoms with Crippen LogP contribution in [0, 0.1) is 17.0 Å². The fraction of sp³-hybridized carbons (Fsp3) is 0.0714. The number of nitro groups is 1. The third-order valence-electron chi connectivity index (χ3n) is 2.91. The minimum absolute atomic E-state index is 0.0344. The van der Waals surface area contributed by atoms with Gasteiger partial charge in [0, 0.05) is 17.8 Å². The molecule has 2 rings (SSSR count). The summed E-state index contributed by atoms with van der Waals surface area (Å²) in [5.74, 6) is 5.03. The van der Waals surface area contributed by atoms with E-state index >= 15 is 0 Å². The van der Waals surface area contributed by atoms with Gasteiger partial charge in [-0.2, -0.15) is 0 Å². The van der Waals surface area contributed by atoms with Crippen LogP contribution in [0.15, 0.2) is 42.5 Å². The number of anilines is 2. The Hall–Kier alpha value is -2.93. The van der Waals surface area contributed by atoms with E-state index in [-0.39, 0.29) is 11.6 Å². The average molecular weight is 286 g/mol. The highest BCUT2D eigenvalue weighted by atomic mass is 16.6. The van der Waals surface area contributed by atoms with E-state index < -0.39 is 4.92 Å². The minimum Gasteiger partial charge on any atom is -0.323 e. The summed E-state index contributed by atoms with van der Waals surface area (Å²) in [6.45, 7) is 1.86. The van der Waals surface area contributed by atoms with Crippen LogP contribution in [0.25, 0.3) is 0 Å². The highest BCUT2D eigenvalue weighted by molar-refractivity contribution is 6.08. The summed E-state index contributed by atoms with van der Waals surface area (Å²) in [4.78, 5) is 22.3. The lowest BCUT2D eigenvalue weighted by Crippen LogP contribution is -2.17. The molecule has 0 heterocycles. The number of benzene rings is 2. The van der Waals surface area contributed by atoms with Crippen LogP contribution < -0.4 is 16.6 Å². The van der Waals surface area contributed by atoms with Crippen LogP contribution in [-0.2, 0) is 0 Å². The summed E-state index contributed by atoms with van der Waals surface area (Å²) in [6, 6.07) is 10.8. The van der Waals surface area contributed by atoms with Crippen LogP contribution >= 0.6 is 0 Å². The Morgan fingerprint density at radius 1 is 1.19 bits per heavy atom. The number of nitrogens with zero attached hydrogens (tertiary/aromatic N) is 1. The first-order valence-corrected chi connectivity index (χ1v) is 6.14. The van der Waals surface area contributed by atoms with Gasteiger partial charge in [-0.15, -0.1) is 0 Å². The topological polar surface area (TPSA) is 110 Å². The number of non-ortho nitro benzene ring substituents is 1. The molecule has 0 radical (unpaired) electrons. The highest BCUT2D eigenvalue weighted by Gasteiger charge is 2.12. The van der Waals surface area contributed by atoms with Gasteiger partial charge in [0.15, 0.2) is 0 Å². The maximum atomic E-state index is 12.2. The second-order valence-corrected chi connectivity index (χ2v) is 4.45. The van der Waals surface area contributed by atoms with Crippen LogP contribution in [0.1, 0.15) is 15.9 Å². The number of nitrogen functional groups attached to an aromatic ring is 1. The summed E-state index contributed by atoms with van der Waals surface area (Å²) < 4.78 is 0. The largest absolute Gasteiger partial charge is 0.323 e. The second-order valence-electron chi connectivity index (χ2n) is 4.45. The molecule has 0 atom stereocenters. The van der Waals surface area contributed by atoms with Gasteiger partial charge < -0.3 is 10.7 Å². The lowest BCUT2D eigenvalue weighted by atomic mass is 10.1. The van der Waals surface area contributed by atoms with Crippen molar-refractivity contribution in [3.8, 4) is 0 Å². The fourth-order valence-electron chi connectivity index (χ4n) is 1.84. The molecule has 0 aliphatic heterocycles. The first-order valence-electron chi connectivity index (χ1n) is 6.14. The van der Waals surface area contributed by atoms with Crippen molar-refractivity contribution in [2.45, 2.75) is 6.92 Å². The van der Waals surface area contributed by atoms with E-state index in [1.807, 2.05) is 13.0 Å². The molecule has 0 fully saturated rings. The van der Waals surface area contributed by atoms with Crippen LogP contribution in [-0.4, -0.2) is 10.8 Å². The average Bonchev–Trinajstić information content (AvgIpc) is 2.47. The molecule has 2 aromatic carbocycles. The van der Waals surface area contributed by atoms with E-state index in [0.29, 0.717) is 16.9 Å². The van der Waals surface area contributed by atoms with E-state index in [1.165, 1.54) is 24.3 Å². The lowest BCUT2D eigenvalue weighted by Gasteiger charge is -2.10. The molecule has 0 saturated carbocycles. The van der Waals surface area contributed by atoms with Gasteiger partial charge in [-0.1, -0.05) is 11.6 Å². The number of hydrogen-bond donors (Lipinski definition) is 3. The Morgan fingerprint density at radius 3 is 2.43 bits per heavy atom. The molecule has 7 heteroatoms. The van der Waals surface area contributed by atoms with Gasteiger partial charge in [0.25, 0.3) is 11.6 Å². The van der Waals surface area contributed by atoms with Crippen molar-refractivity contribution < 1.29 is 9.72 Å². The molecule has 108 valence electrons. The number of amides is 1. The van der Waals surface area contributed by atoms with Crippen molar-refractivity contribution in [2.75, 3.05) is 10.7 Å². The second kappa shape index (κ2) is 6.02. The molecule has 0 saturated heterocycles. The zero-order valence-electron chi connectivity index (χ0n) is 11.3. The maximum Gasteiger partial charge on any atom is 0.269 e.